The molecule has 0 fully saturated rings. The highest BCUT2D eigenvalue weighted by Gasteiger charge is 2.34. The summed E-state index contributed by atoms with van der Waals surface area (Å²) < 4.78 is 0. The molecule has 1 N–H and O–H groups in total. The molecule has 0 spiro atoms. The van der Waals surface area contributed by atoms with Crippen LogP contribution in [0.2, 0.25) is 0 Å². The second-order valence-corrected chi connectivity index (χ2v) is 4.69. The average molecular weight is 298 g/mol. The van der Waals surface area contributed by atoms with Crippen molar-refractivity contribution in [2.75, 3.05) is 5.32 Å². The van der Waals surface area contributed by atoms with Crippen LogP contribution in [0.5, 0.6) is 0 Å². The van der Waals surface area contributed by atoms with Crippen molar-refractivity contribution in [2.45, 2.75) is 6.92 Å². The third-order valence-electron chi connectivity index (χ3n) is 2.89. The third kappa shape index (κ3) is 2.55. The topological polar surface area (TPSA) is 93.8 Å². The van der Waals surface area contributed by atoms with Gasteiger partial charge >= 0.3 is 0 Å². The molecule has 5 nitrogen and oxygen atoms in total. The Morgan fingerprint density at radius 3 is 2.05 bits per heavy atom. The van der Waals surface area contributed by atoms with Gasteiger partial charge in [-0.25, -0.2) is 0 Å². The Balaban J connectivity index is 2.45. The number of rotatable bonds is 2. The number of anilines is 1. The number of ketones is 2. The zero-order valence-electron chi connectivity index (χ0n) is 10.9. The van der Waals surface area contributed by atoms with Gasteiger partial charge in [-0.2, -0.15) is 10.5 Å². The second-order valence-electron chi connectivity index (χ2n) is 4.31. The van der Waals surface area contributed by atoms with Gasteiger partial charge in [-0.1, -0.05) is 29.3 Å². The molecule has 0 aliphatic heterocycles. The summed E-state index contributed by atoms with van der Waals surface area (Å²) >= 11 is 5.86. The second kappa shape index (κ2) is 5.62. The number of carbonyl (C=O) groups excluding carboxylic acids is 2. The Hall–Kier alpha value is -2.89. The molecule has 6 heteroatoms. The molecule has 0 saturated heterocycles. The minimum Gasteiger partial charge on any atom is -0.351 e. The minimum absolute atomic E-state index is 0.193. The highest BCUT2D eigenvalue weighted by Crippen LogP contribution is 2.27. The van der Waals surface area contributed by atoms with E-state index in [2.05, 4.69) is 5.32 Å². The summed E-state index contributed by atoms with van der Waals surface area (Å²) in [4.78, 5) is 24.1. The van der Waals surface area contributed by atoms with Crippen molar-refractivity contribution in [3.8, 4) is 12.1 Å². The Kier molecular flexibility index (Phi) is 3.89. The van der Waals surface area contributed by atoms with Crippen LogP contribution in [0, 0.1) is 29.6 Å². The standard InChI is InChI=1S/C15H8ClN3O2/c1-8-2-4-9(5-3-8)19-13-12(16)14(20)10(6-17)11(7-18)15(13)21/h2-5,19H,1H3. The largest absolute Gasteiger partial charge is 0.351 e. The Labute approximate surface area is 125 Å². The van der Waals surface area contributed by atoms with Gasteiger partial charge in [-0.05, 0) is 19.1 Å². The highest BCUT2D eigenvalue weighted by atomic mass is 35.5. The molecule has 102 valence electrons. The normalized spacial score (nSPS) is 14.9. The van der Waals surface area contributed by atoms with Gasteiger partial charge in [-0.3, -0.25) is 9.59 Å². The highest BCUT2D eigenvalue weighted by molar-refractivity contribution is 6.50. The van der Waals surface area contributed by atoms with E-state index in [-0.39, 0.29) is 5.70 Å². The van der Waals surface area contributed by atoms with Crippen molar-refractivity contribution < 1.29 is 9.59 Å². The lowest BCUT2D eigenvalue weighted by Crippen LogP contribution is -2.25. The summed E-state index contributed by atoms with van der Waals surface area (Å²) in [6, 6.07) is 10.2. The maximum atomic E-state index is 12.2. The summed E-state index contributed by atoms with van der Waals surface area (Å²) in [6.07, 6.45) is 0. The van der Waals surface area contributed by atoms with Crippen LogP contribution in [0.1, 0.15) is 5.56 Å². The van der Waals surface area contributed by atoms with Gasteiger partial charge in [0.15, 0.2) is 0 Å². The summed E-state index contributed by atoms with van der Waals surface area (Å²) in [5.41, 5.74) is 0.355. The number of aryl methyl sites for hydroxylation is 1. The van der Waals surface area contributed by atoms with E-state index in [1.165, 1.54) is 0 Å². The monoisotopic (exact) mass is 297 g/mol. The average Bonchev–Trinajstić information content (AvgIpc) is 2.49. The van der Waals surface area contributed by atoms with E-state index in [0.29, 0.717) is 5.69 Å². The zero-order valence-corrected chi connectivity index (χ0v) is 11.7. The number of nitrogens with one attached hydrogen (secondary N) is 1. The lowest BCUT2D eigenvalue weighted by molar-refractivity contribution is -0.115. The number of nitriles is 2. The van der Waals surface area contributed by atoms with Gasteiger partial charge < -0.3 is 5.32 Å². The van der Waals surface area contributed by atoms with Gasteiger partial charge in [0.2, 0.25) is 11.6 Å². The molecular formula is C15H8ClN3O2. The molecule has 0 saturated carbocycles. The van der Waals surface area contributed by atoms with Gasteiger partial charge in [0, 0.05) is 5.69 Å². The van der Waals surface area contributed by atoms with Crippen LogP contribution in [-0.4, -0.2) is 11.6 Å². The fourth-order valence-corrected chi connectivity index (χ4v) is 2.01. The fourth-order valence-electron chi connectivity index (χ4n) is 1.78. The van der Waals surface area contributed by atoms with Crippen LogP contribution in [0.4, 0.5) is 5.69 Å². The first-order valence-corrected chi connectivity index (χ1v) is 6.24. The van der Waals surface area contributed by atoms with Crippen molar-refractivity contribution in [1.29, 1.82) is 10.5 Å². The summed E-state index contributed by atoms with van der Waals surface area (Å²) in [5.74, 6) is -1.59. The summed E-state index contributed by atoms with van der Waals surface area (Å²) in [7, 11) is 0. The van der Waals surface area contributed by atoms with E-state index in [1.807, 2.05) is 19.1 Å². The maximum Gasteiger partial charge on any atom is 0.222 e. The predicted molar refractivity (Wildman–Crippen MR) is 75.9 cm³/mol. The number of carbonyl (C=O) groups is 2. The van der Waals surface area contributed by atoms with E-state index < -0.39 is 27.7 Å². The molecule has 21 heavy (non-hydrogen) atoms. The van der Waals surface area contributed by atoms with Gasteiger partial charge in [0.05, 0.1) is 0 Å². The molecule has 0 atom stereocenters. The number of hydrogen-bond donors (Lipinski definition) is 1. The van der Waals surface area contributed by atoms with E-state index in [0.717, 1.165) is 5.56 Å². The van der Waals surface area contributed by atoms with Crippen molar-refractivity contribution in [3.05, 3.63) is 51.7 Å². The molecule has 0 radical (unpaired) electrons. The molecule has 0 bridgehead atoms. The van der Waals surface area contributed by atoms with Gasteiger partial charge in [0.25, 0.3) is 0 Å². The lowest BCUT2D eigenvalue weighted by Gasteiger charge is -2.16. The molecular weight excluding hydrogens is 290 g/mol. The summed E-state index contributed by atoms with van der Waals surface area (Å²) in [6.45, 7) is 1.90. The van der Waals surface area contributed by atoms with Gasteiger partial charge in [-0.15, -0.1) is 0 Å². The maximum absolute atomic E-state index is 12.2. The zero-order chi connectivity index (χ0) is 15.6. The van der Waals surface area contributed by atoms with Crippen molar-refractivity contribution in [2.24, 2.45) is 0 Å². The molecule has 0 unspecified atom stereocenters. The number of nitrogens with zero attached hydrogens (tertiary/aromatic N) is 2. The number of halogens is 1. The Morgan fingerprint density at radius 2 is 1.52 bits per heavy atom. The third-order valence-corrected chi connectivity index (χ3v) is 3.26. The first-order valence-electron chi connectivity index (χ1n) is 5.87. The quantitative estimate of drug-likeness (QED) is 0.846. The van der Waals surface area contributed by atoms with E-state index in [1.54, 1.807) is 24.3 Å². The van der Waals surface area contributed by atoms with E-state index in [4.69, 9.17) is 22.1 Å². The minimum atomic E-state index is -0.829. The molecule has 0 aromatic heterocycles. The number of hydrogen-bond acceptors (Lipinski definition) is 5. The van der Waals surface area contributed by atoms with E-state index >= 15 is 0 Å². The fraction of sp³-hybridized carbons (Fsp3) is 0.0667. The van der Waals surface area contributed by atoms with Crippen molar-refractivity contribution in [1.82, 2.24) is 0 Å². The SMILES string of the molecule is Cc1ccc(NC2=C(Cl)C(=O)C(C#N)=C(C#N)C2=O)cc1. The summed E-state index contributed by atoms with van der Waals surface area (Å²) in [5, 5.41) is 20.2. The lowest BCUT2D eigenvalue weighted by atomic mass is 9.94. The number of Topliss-reactive ketones (excluding diaryl/α,β-unsaturated/α-hetero) is 2. The van der Waals surface area contributed by atoms with Crippen LogP contribution in [0.15, 0.2) is 46.1 Å². The molecule has 2 rings (SSSR count). The Bertz CT molecular complexity index is 790. The molecule has 1 aliphatic carbocycles. The number of allylic oxidation sites excluding steroid dienone is 3. The van der Waals surface area contributed by atoms with Crippen LogP contribution < -0.4 is 5.32 Å². The predicted octanol–water partition coefficient (Wildman–Crippen LogP) is 2.35. The smallest absolute Gasteiger partial charge is 0.222 e. The van der Waals surface area contributed by atoms with Crippen LogP contribution >= 0.6 is 11.6 Å². The van der Waals surface area contributed by atoms with Gasteiger partial charge in [0.1, 0.15) is 34.0 Å². The van der Waals surface area contributed by atoms with Crippen LogP contribution in [0.3, 0.4) is 0 Å². The van der Waals surface area contributed by atoms with E-state index in [9.17, 15) is 9.59 Å². The van der Waals surface area contributed by atoms with Crippen molar-refractivity contribution in [3.63, 3.8) is 0 Å². The molecule has 1 aliphatic rings. The molecule has 1 aromatic carbocycles. The first kappa shape index (κ1) is 14.5. The first-order chi connectivity index (χ1) is 9.99. The molecule has 0 amide bonds. The number of benzene rings is 1. The Morgan fingerprint density at radius 1 is 1.00 bits per heavy atom. The molecule has 1 aromatic rings. The van der Waals surface area contributed by atoms with Crippen LogP contribution in [-0.2, 0) is 9.59 Å². The van der Waals surface area contributed by atoms with Crippen LogP contribution in [0.25, 0.3) is 0 Å². The van der Waals surface area contributed by atoms with Crippen molar-refractivity contribution >= 4 is 28.9 Å². The molecule has 0 heterocycles.